The van der Waals surface area contributed by atoms with Gasteiger partial charge in [0.25, 0.3) is 18.5 Å². The molecule has 24 heavy (non-hydrogen) atoms. The van der Waals surface area contributed by atoms with Crippen LogP contribution in [-0.4, -0.2) is 47.7 Å². The highest BCUT2D eigenvalue weighted by Crippen LogP contribution is 2.49. The van der Waals surface area contributed by atoms with Gasteiger partial charge in [0.15, 0.2) is 0 Å². The predicted octanol–water partition coefficient (Wildman–Crippen LogP) is 3.79. The van der Waals surface area contributed by atoms with Crippen LogP contribution in [0.3, 0.4) is 0 Å². The van der Waals surface area contributed by atoms with Gasteiger partial charge in [0.1, 0.15) is 0 Å². The van der Waals surface area contributed by atoms with Gasteiger partial charge in [-0.05, 0) is 20.3 Å². The lowest BCUT2D eigenvalue weighted by Gasteiger charge is -2.40. The van der Waals surface area contributed by atoms with Crippen LogP contribution >= 0.6 is 0 Å². The van der Waals surface area contributed by atoms with E-state index in [4.69, 9.17) is 5.11 Å². The fourth-order valence-corrected chi connectivity index (χ4v) is 1.38. The highest BCUT2D eigenvalue weighted by atomic mass is 19.4. The van der Waals surface area contributed by atoms with E-state index in [1.165, 1.54) is 6.92 Å². The molecular formula is C12H15F9O3. The molecule has 0 aromatic heterocycles. The van der Waals surface area contributed by atoms with Crippen LogP contribution in [0.5, 0.6) is 0 Å². The lowest BCUT2D eigenvalue weighted by atomic mass is 9.88. The molecule has 0 aliphatic rings. The van der Waals surface area contributed by atoms with E-state index >= 15 is 0 Å². The van der Waals surface area contributed by atoms with E-state index in [1.807, 2.05) is 0 Å². The predicted molar refractivity (Wildman–Crippen MR) is 61.9 cm³/mol. The molecule has 0 aromatic rings. The smallest absolute Gasteiger partial charge is 0.429 e. The van der Waals surface area contributed by atoms with Crippen LogP contribution < -0.4 is 0 Å². The Morgan fingerprint density at radius 3 is 1.71 bits per heavy atom. The third-order valence-corrected chi connectivity index (χ3v) is 3.51. The molecule has 0 bridgehead atoms. The third-order valence-electron chi connectivity index (χ3n) is 3.51. The standard InChI is InChI=1S/C12H15F9O3/c1-4-9(2,3)8(22)24-5(6(13)14)11(17,18)10(23,7(15)16)12(19,20)21/h5-7,23H,4H2,1-3H3. The topological polar surface area (TPSA) is 46.5 Å². The van der Waals surface area contributed by atoms with Crippen molar-refractivity contribution >= 4 is 5.97 Å². The minimum atomic E-state index is -6.68. The van der Waals surface area contributed by atoms with Gasteiger partial charge in [-0.1, -0.05) is 6.92 Å². The Kier molecular flexibility index (Phi) is 6.62. The van der Waals surface area contributed by atoms with Crippen molar-refractivity contribution in [2.24, 2.45) is 5.41 Å². The number of ether oxygens (including phenoxy) is 1. The van der Waals surface area contributed by atoms with Crippen LogP contribution in [-0.2, 0) is 9.53 Å². The van der Waals surface area contributed by atoms with E-state index in [9.17, 15) is 44.3 Å². The summed E-state index contributed by atoms with van der Waals surface area (Å²) in [5.74, 6) is -7.97. The number of rotatable bonds is 7. The molecule has 0 aliphatic carbocycles. The highest BCUT2D eigenvalue weighted by Gasteiger charge is 2.79. The number of carbonyl (C=O) groups is 1. The number of hydrogen-bond acceptors (Lipinski definition) is 3. The van der Waals surface area contributed by atoms with Crippen molar-refractivity contribution in [2.75, 3.05) is 0 Å². The molecule has 0 radical (unpaired) electrons. The quantitative estimate of drug-likeness (QED) is 0.542. The van der Waals surface area contributed by atoms with Gasteiger partial charge < -0.3 is 9.84 Å². The van der Waals surface area contributed by atoms with E-state index < -0.39 is 48.0 Å². The number of carbonyl (C=O) groups excluding carboxylic acids is 1. The van der Waals surface area contributed by atoms with Gasteiger partial charge in [-0.15, -0.1) is 0 Å². The molecule has 2 atom stereocenters. The number of esters is 1. The van der Waals surface area contributed by atoms with Crippen molar-refractivity contribution < 1.29 is 54.2 Å². The number of hydrogen-bond donors (Lipinski definition) is 1. The van der Waals surface area contributed by atoms with Crippen LogP contribution in [0.4, 0.5) is 39.5 Å². The largest absolute Gasteiger partial charge is 0.449 e. The van der Waals surface area contributed by atoms with Gasteiger partial charge in [-0.2, -0.15) is 22.0 Å². The number of aliphatic hydroxyl groups is 1. The average molecular weight is 378 g/mol. The molecule has 144 valence electrons. The van der Waals surface area contributed by atoms with Gasteiger partial charge in [-0.25, -0.2) is 17.6 Å². The van der Waals surface area contributed by atoms with Gasteiger partial charge in [-0.3, -0.25) is 4.79 Å². The second-order valence-electron chi connectivity index (χ2n) is 5.59. The highest BCUT2D eigenvalue weighted by molar-refractivity contribution is 5.76. The van der Waals surface area contributed by atoms with Gasteiger partial charge in [0.05, 0.1) is 5.41 Å². The van der Waals surface area contributed by atoms with Crippen LogP contribution in [0.15, 0.2) is 0 Å². The van der Waals surface area contributed by atoms with Crippen molar-refractivity contribution in [3.63, 3.8) is 0 Å². The molecule has 0 aliphatic heterocycles. The molecule has 0 aromatic carbocycles. The molecule has 0 amide bonds. The monoisotopic (exact) mass is 378 g/mol. The first-order valence-electron chi connectivity index (χ1n) is 6.41. The Labute approximate surface area is 130 Å². The second kappa shape index (κ2) is 6.96. The first kappa shape index (κ1) is 22.8. The summed E-state index contributed by atoms with van der Waals surface area (Å²) in [6, 6.07) is 0. The fourth-order valence-electron chi connectivity index (χ4n) is 1.38. The minimum Gasteiger partial charge on any atom is -0.449 e. The summed E-state index contributed by atoms with van der Waals surface area (Å²) < 4.78 is 119. The fraction of sp³-hybridized carbons (Fsp3) is 0.917. The summed E-state index contributed by atoms with van der Waals surface area (Å²) >= 11 is 0. The SMILES string of the molecule is CCC(C)(C)C(=O)OC(C(F)F)C(F)(F)C(O)(C(F)F)C(F)(F)F. The number of alkyl halides is 9. The molecule has 0 spiro atoms. The molecular weight excluding hydrogens is 363 g/mol. The van der Waals surface area contributed by atoms with E-state index in [1.54, 1.807) is 0 Å². The lowest BCUT2D eigenvalue weighted by Crippen LogP contribution is -2.69. The third kappa shape index (κ3) is 3.89. The summed E-state index contributed by atoms with van der Waals surface area (Å²) in [7, 11) is 0. The van der Waals surface area contributed by atoms with E-state index in [-0.39, 0.29) is 6.42 Å². The maximum Gasteiger partial charge on any atom is 0.429 e. The minimum absolute atomic E-state index is 0.133. The van der Waals surface area contributed by atoms with Crippen LogP contribution in [0.2, 0.25) is 0 Å². The van der Waals surface area contributed by atoms with Crippen molar-refractivity contribution in [1.29, 1.82) is 0 Å². The summed E-state index contributed by atoms with van der Waals surface area (Å²) in [6.45, 7) is 3.43. The van der Waals surface area contributed by atoms with Crippen LogP contribution in [0.25, 0.3) is 0 Å². The van der Waals surface area contributed by atoms with E-state index in [2.05, 4.69) is 4.74 Å². The Bertz CT molecular complexity index is 448. The van der Waals surface area contributed by atoms with E-state index in [0.29, 0.717) is 0 Å². The van der Waals surface area contributed by atoms with Crippen LogP contribution in [0.1, 0.15) is 27.2 Å². The van der Waals surface area contributed by atoms with E-state index in [0.717, 1.165) is 13.8 Å². The molecule has 0 rings (SSSR count). The Morgan fingerprint density at radius 2 is 1.46 bits per heavy atom. The van der Waals surface area contributed by atoms with Crippen molar-refractivity contribution in [3.05, 3.63) is 0 Å². The van der Waals surface area contributed by atoms with Crippen molar-refractivity contribution in [3.8, 4) is 0 Å². The zero-order valence-electron chi connectivity index (χ0n) is 12.6. The summed E-state index contributed by atoms with van der Waals surface area (Å²) in [6.07, 6.45) is -20.7. The molecule has 0 saturated heterocycles. The molecule has 0 heterocycles. The van der Waals surface area contributed by atoms with Gasteiger partial charge in [0.2, 0.25) is 6.10 Å². The summed E-state index contributed by atoms with van der Waals surface area (Å²) in [5, 5.41) is 8.80. The van der Waals surface area contributed by atoms with Gasteiger partial charge >= 0.3 is 18.1 Å². The Hall–Kier alpha value is -1.20. The van der Waals surface area contributed by atoms with Crippen molar-refractivity contribution in [1.82, 2.24) is 0 Å². The lowest BCUT2D eigenvalue weighted by molar-refractivity contribution is -0.386. The normalized spacial score (nSPS) is 17.8. The number of halogens is 9. The maximum absolute atomic E-state index is 13.8. The Morgan fingerprint density at radius 1 is 1.04 bits per heavy atom. The molecule has 12 heteroatoms. The molecule has 2 unspecified atom stereocenters. The summed E-state index contributed by atoms with van der Waals surface area (Å²) in [5.41, 5.74) is -7.78. The first-order valence-corrected chi connectivity index (χ1v) is 6.41. The Balaban J connectivity index is 6.01. The zero-order chi connectivity index (χ0) is 19.7. The average Bonchev–Trinajstić information content (AvgIpc) is 2.40. The molecule has 0 saturated carbocycles. The second-order valence-corrected chi connectivity index (χ2v) is 5.59. The maximum atomic E-state index is 13.8. The summed E-state index contributed by atoms with van der Waals surface area (Å²) in [4.78, 5) is 11.6. The van der Waals surface area contributed by atoms with Gasteiger partial charge in [0, 0.05) is 0 Å². The molecule has 0 fully saturated rings. The van der Waals surface area contributed by atoms with Crippen molar-refractivity contribution in [2.45, 2.75) is 63.8 Å². The zero-order valence-corrected chi connectivity index (χ0v) is 12.6. The van der Waals surface area contributed by atoms with Crippen LogP contribution in [0, 0.1) is 5.41 Å². The first-order chi connectivity index (χ1) is 10.5. The molecule has 3 nitrogen and oxygen atoms in total. The molecule has 1 N–H and O–H groups in total.